The van der Waals surface area contributed by atoms with Crippen molar-refractivity contribution in [2.75, 3.05) is 5.32 Å². The topological polar surface area (TPSA) is 80.3 Å². The van der Waals surface area contributed by atoms with Gasteiger partial charge in [-0.2, -0.15) is 0 Å². The van der Waals surface area contributed by atoms with Crippen LogP contribution < -0.4 is 10.6 Å². The number of hydrogen-bond donors (Lipinski definition) is 2. The maximum absolute atomic E-state index is 12.6. The number of aromatic nitrogens is 1. The van der Waals surface area contributed by atoms with Crippen LogP contribution in [0.3, 0.4) is 0 Å². The highest BCUT2D eigenvalue weighted by Crippen LogP contribution is 2.35. The van der Waals surface area contributed by atoms with Crippen molar-refractivity contribution in [3.05, 3.63) is 93.6 Å². The Morgan fingerprint density at radius 3 is 2.51 bits per heavy atom. The van der Waals surface area contributed by atoms with Gasteiger partial charge < -0.3 is 14.2 Å². The first-order chi connectivity index (χ1) is 16.9. The number of furan rings is 1. The Labute approximate surface area is 219 Å². The van der Waals surface area contributed by atoms with Gasteiger partial charge in [0.25, 0.3) is 5.91 Å². The summed E-state index contributed by atoms with van der Waals surface area (Å²) in [6, 6.07) is 20.9. The second kappa shape index (κ2) is 9.71. The summed E-state index contributed by atoms with van der Waals surface area (Å²) in [6.45, 7) is 0. The van der Waals surface area contributed by atoms with Gasteiger partial charge in [0.15, 0.2) is 16.5 Å². The number of fused-ring (bicyclic) bond motifs is 1. The van der Waals surface area contributed by atoms with Crippen molar-refractivity contribution in [2.24, 2.45) is 0 Å². The number of amides is 1. The predicted octanol–water partition coefficient (Wildman–Crippen LogP) is 7.84. The summed E-state index contributed by atoms with van der Waals surface area (Å²) < 4.78 is 11.5. The molecule has 174 valence electrons. The average molecular weight is 543 g/mol. The highest BCUT2D eigenvalue weighted by atomic mass is 35.5. The molecule has 2 aromatic heterocycles. The zero-order chi connectivity index (χ0) is 24.5. The molecular weight excluding hydrogens is 529 g/mol. The molecule has 0 fully saturated rings. The number of nitrogens with zero attached hydrogens (tertiary/aromatic N) is 1. The smallest absolute Gasteiger partial charge is 0.293 e. The normalized spacial score (nSPS) is 10.9. The van der Waals surface area contributed by atoms with E-state index in [4.69, 9.17) is 55.9 Å². The summed E-state index contributed by atoms with van der Waals surface area (Å²) in [7, 11) is 0. The number of nitrogens with one attached hydrogen (secondary N) is 2. The van der Waals surface area contributed by atoms with E-state index in [1.807, 2.05) is 24.3 Å². The van der Waals surface area contributed by atoms with Crippen LogP contribution in [0.4, 0.5) is 5.69 Å². The van der Waals surface area contributed by atoms with Crippen LogP contribution in [0, 0.1) is 0 Å². The molecule has 0 aliphatic heterocycles. The Bertz CT molecular complexity index is 1560. The van der Waals surface area contributed by atoms with Crippen LogP contribution in [0.15, 0.2) is 81.6 Å². The number of carbonyl (C=O) groups is 1. The second-order valence-corrected chi connectivity index (χ2v) is 8.96. The number of rotatable bonds is 4. The lowest BCUT2D eigenvalue weighted by molar-refractivity contribution is 0.0951. The van der Waals surface area contributed by atoms with Crippen LogP contribution >= 0.6 is 47.0 Å². The van der Waals surface area contributed by atoms with Gasteiger partial charge >= 0.3 is 0 Å². The molecule has 35 heavy (non-hydrogen) atoms. The van der Waals surface area contributed by atoms with Crippen LogP contribution in [0.1, 0.15) is 10.6 Å². The minimum Gasteiger partial charge on any atom is -0.451 e. The van der Waals surface area contributed by atoms with Crippen molar-refractivity contribution in [3.8, 4) is 22.8 Å². The van der Waals surface area contributed by atoms with Gasteiger partial charge in [-0.05, 0) is 66.8 Å². The molecule has 10 heteroatoms. The van der Waals surface area contributed by atoms with Crippen molar-refractivity contribution in [1.29, 1.82) is 0 Å². The minimum atomic E-state index is -0.528. The molecule has 0 radical (unpaired) electrons. The third-order valence-electron chi connectivity index (χ3n) is 5.02. The first-order valence-electron chi connectivity index (χ1n) is 10.2. The molecule has 0 spiro atoms. The molecule has 0 saturated heterocycles. The van der Waals surface area contributed by atoms with E-state index in [0.29, 0.717) is 49.1 Å². The molecule has 0 atom stereocenters. The lowest BCUT2D eigenvalue weighted by Crippen LogP contribution is -2.33. The molecule has 2 heterocycles. The van der Waals surface area contributed by atoms with E-state index in [0.717, 1.165) is 5.52 Å². The molecule has 0 aliphatic carbocycles. The fraction of sp³-hybridized carbons (Fsp3) is 0. The molecule has 6 nitrogen and oxygen atoms in total. The summed E-state index contributed by atoms with van der Waals surface area (Å²) in [4.78, 5) is 17.1. The molecule has 0 saturated carbocycles. The van der Waals surface area contributed by atoms with Gasteiger partial charge in [0.2, 0.25) is 5.89 Å². The highest BCUT2D eigenvalue weighted by molar-refractivity contribution is 7.80. The predicted molar refractivity (Wildman–Crippen MR) is 142 cm³/mol. The Balaban J connectivity index is 1.30. The lowest BCUT2D eigenvalue weighted by Gasteiger charge is -2.10. The quantitative estimate of drug-likeness (QED) is 0.225. The Morgan fingerprint density at radius 2 is 1.69 bits per heavy atom. The maximum Gasteiger partial charge on any atom is 0.293 e. The van der Waals surface area contributed by atoms with Crippen LogP contribution in [-0.4, -0.2) is 16.0 Å². The van der Waals surface area contributed by atoms with Crippen molar-refractivity contribution < 1.29 is 13.6 Å². The standard InChI is InChI=1S/C25H14Cl3N3O3S/c26-16-9-8-13(12-15(16)24-30-18-6-1-2-7-20(18)34-24)29-25(35)31-23(32)21-11-10-19(33-21)14-4-3-5-17(27)22(14)28/h1-12H,(H2,29,31,32,35). The van der Waals surface area contributed by atoms with Gasteiger partial charge in [0.05, 0.1) is 20.6 Å². The van der Waals surface area contributed by atoms with Gasteiger partial charge in [0.1, 0.15) is 11.3 Å². The summed E-state index contributed by atoms with van der Waals surface area (Å²) in [5.41, 5.74) is 3.11. The first-order valence-corrected chi connectivity index (χ1v) is 11.8. The number of carbonyl (C=O) groups excluding carboxylic acids is 1. The van der Waals surface area contributed by atoms with Gasteiger partial charge in [-0.25, -0.2) is 4.98 Å². The number of thiocarbonyl (C=S) groups is 1. The van der Waals surface area contributed by atoms with Crippen molar-refractivity contribution in [2.45, 2.75) is 0 Å². The van der Waals surface area contributed by atoms with E-state index in [1.165, 1.54) is 6.07 Å². The molecule has 2 N–H and O–H groups in total. The number of benzene rings is 3. The number of oxazole rings is 1. The Kier molecular flexibility index (Phi) is 6.49. The molecule has 0 bridgehead atoms. The largest absolute Gasteiger partial charge is 0.451 e. The Morgan fingerprint density at radius 1 is 0.857 bits per heavy atom. The number of hydrogen-bond acceptors (Lipinski definition) is 5. The van der Waals surface area contributed by atoms with E-state index >= 15 is 0 Å². The van der Waals surface area contributed by atoms with Crippen LogP contribution in [0.2, 0.25) is 15.1 Å². The molecular formula is C25H14Cl3N3O3S. The Hall–Kier alpha value is -3.36. The lowest BCUT2D eigenvalue weighted by atomic mass is 10.2. The van der Waals surface area contributed by atoms with Crippen molar-refractivity contribution in [3.63, 3.8) is 0 Å². The molecule has 3 aromatic carbocycles. The highest BCUT2D eigenvalue weighted by Gasteiger charge is 2.17. The molecule has 1 amide bonds. The summed E-state index contributed by atoms with van der Waals surface area (Å²) in [6.07, 6.45) is 0. The van der Waals surface area contributed by atoms with Crippen molar-refractivity contribution in [1.82, 2.24) is 10.3 Å². The zero-order valence-electron chi connectivity index (χ0n) is 17.6. The fourth-order valence-electron chi connectivity index (χ4n) is 3.38. The number of para-hydroxylation sites is 2. The molecule has 0 aliphatic rings. The molecule has 5 aromatic rings. The van der Waals surface area contributed by atoms with Crippen molar-refractivity contribution >= 4 is 74.8 Å². The molecule has 0 unspecified atom stereocenters. The average Bonchev–Trinajstić information content (AvgIpc) is 3.49. The molecule has 5 rings (SSSR count). The van der Waals surface area contributed by atoms with E-state index in [1.54, 1.807) is 42.5 Å². The third-order valence-corrected chi connectivity index (χ3v) is 6.38. The number of anilines is 1. The third kappa shape index (κ3) is 4.90. The second-order valence-electron chi connectivity index (χ2n) is 7.35. The first kappa shape index (κ1) is 23.4. The van der Waals surface area contributed by atoms with Crippen LogP contribution in [0.25, 0.3) is 33.9 Å². The minimum absolute atomic E-state index is 0.0588. The van der Waals surface area contributed by atoms with E-state index in [2.05, 4.69) is 15.6 Å². The van der Waals surface area contributed by atoms with Gasteiger partial charge in [-0.1, -0.05) is 53.0 Å². The van der Waals surface area contributed by atoms with Gasteiger partial charge in [-0.3, -0.25) is 10.1 Å². The van der Waals surface area contributed by atoms with E-state index in [9.17, 15) is 4.79 Å². The van der Waals surface area contributed by atoms with Crippen LogP contribution in [-0.2, 0) is 0 Å². The van der Waals surface area contributed by atoms with Gasteiger partial charge in [-0.15, -0.1) is 0 Å². The van der Waals surface area contributed by atoms with E-state index < -0.39 is 5.91 Å². The van der Waals surface area contributed by atoms with Crippen LogP contribution in [0.5, 0.6) is 0 Å². The summed E-state index contributed by atoms with van der Waals surface area (Å²) in [5, 5.41) is 6.80. The fourth-order valence-corrected chi connectivity index (χ4v) is 4.18. The SMILES string of the molecule is O=C(NC(=S)Nc1ccc(Cl)c(-c2nc3ccccc3o2)c1)c1ccc(-c2cccc(Cl)c2Cl)o1. The zero-order valence-corrected chi connectivity index (χ0v) is 20.7. The van der Waals surface area contributed by atoms with E-state index in [-0.39, 0.29) is 10.9 Å². The number of halogens is 3. The monoisotopic (exact) mass is 541 g/mol. The maximum atomic E-state index is 12.6. The van der Waals surface area contributed by atoms with Gasteiger partial charge in [0, 0.05) is 11.3 Å². The summed E-state index contributed by atoms with van der Waals surface area (Å²) >= 11 is 24.0. The summed E-state index contributed by atoms with van der Waals surface area (Å²) in [5.74, 6) is 0.309.